The Morgan fingerprint density at radius 3 is 0.979 bits per heavy atom. The molecule has 24 heteroatoms. The van der Waals surface area contributed by atoms with E-state index in [4.69, 9.17) is 80.2 Å². The largest absolute Gasteiger partial charge is 0.452 e. The van der Waals surface area contributed by atoms with Crippen molar-refractivity contribution in [3.05, 3.63) is 456 Å². The smallest absolute Gasteiger partial charge is 0.410 e. The minimum Gasteiger partial charge on any atom is -0.452 e. The molecule has 3 heterocycles. The lowest BCUT2D eigenvalue weighted by Crippen LogP contribution is -2.70. The molecule has 0 radical (unpaired) electrons. The number of benzene rings is 13. The van der Waals surface area contributed by atoms with Crippen LogP contribution in [-0.2, 0) is 126 Å². The minimum atomic E-state index is -3.70. The Labute approximate surface area is 824 Å². The fourth-order valence-corrected chi connectivity index (χ4v) is 22.4. The maximum absolute atomic E-state index is 16.2. The number of esters is 4. The van der Waals surface area contributed by atoms with Crippen LogP contribution in [0.4, 0.5) is 4.79 Å². The molecule has 141 heavy (non-hydrogen) atoms. The fourth-order valence-electron chi connectivity index (χ4n) is 17.8. The van der Waals surface area contributed by atoms with Crippen molar-refractivity contribution in [1.29, 1.82) is 0 Å². The van der Waals surface area contributed by atoms with E-state index in [-0.39, 0.29) is 81.7 Å². The van der Waals surface area contributed by atoms with Crippen LogP contribution >= 0.6 is 0 Å². The Bertz CT molecular complexity index is 5890. The number of rotatable bonds is 45. The van der Waals surface area contributed by atoms with E-state index in [0.717, 1.165) is 43.8 Å². The van der Waals surface area contributed by atoms with Crippen molar-refractivity contribution in [2.24, 2.45) is 0 Å². The molecule has 0 saturated carbocycles. The number of hydrogen-bond acceptors (Lipinski definition) is 22. The van der Waals surface area contributed by atoms with Crippen LogP contribution in [-0.4, -0.2) is 168 Å². The van der Waals surface area contributed by atoms with Crippen LogP contribution in [0.5, 0.6) is 0 Å². The molecule has 3 saturated heterocycles. The summed E-state index contributed by atoms with van der Waals surface area (Å²) in [6.07, 6.45) is -22.6. The van der Waals surface area contributed by atoms with Gasteiger partial charge < -0.3 is 85.1 Å². The van der Waals surface area contributed by atoms with E-state index in [1.54, 1.807) is 126 Å². The molecular formula is C117H119NO22Si. The first kappa shape index (κ1) is 101. The maximum atomic E-state index is 16.2. The van der Waals surface area contributed by atoms with Crippen LogP contribution in [0.25, 0.3) is 0 Å². The summed E-state index contributed by atoms with van der Waals surface area (Å²) in [6.45, 7) is 6.42. The second-order valence-corrected chi connectivity index (χ2v) is 40.2. The van der Waals surface area contributed by atoms with Gasteiger partial charge in [-0.3, -0.25) is 0 Å². The van der Waals surface area contributed by atoms with E-state index in [1.165, 1.54) is 0 Å². The van der Waals surface area contributed by atoms with Crippen molar-refractivity contribution in [2.75, 3.05) is 33.0 Å². The highest BCUT2D eigenvalue weighted by atomic mass is 28.4. The van der Waals surface area contributed by atoms with Gasteiger partial charge in [0.05, 0.1) is 75.1 Å². The van der Waals surface area contributed by atoms with Crippen LogP contribution in [0.15, 0.2) is 394 Å². The first-order chi connectivity index (χ1) is 69.1. The number of hydrogen-bond donors (Lipinski definition) is 0. The fraction of sp³-hybridized carbons (Fsp3) is 0.291. The Hall–Kier alpha value is -13.3. The zero-order valence-electron chi connectivity index (χ0n) is 79.2. The molecule has 0 spiro atoms. The summed E-state index contributed by atoms with van der Waals surface area (Å²) in [6, 6.07) is 120. The van der Waals surface area contributed by atoms with Crippen LogP contribution in [0.2, 0.25) is 5.04 Å². The summed E-state index contributed by atoms with van der Waals surface area (Å²) in [5.41, 5.74) is 6.13. The van der Waals surface area contributed by atoms with E-state index in [1.807, 2.05) is 273 Å². The maximum Gasteiger partial charge on any atom is 0.410 e. The van der Waals surface area contributed by atoms with Crippen molar-refractivity contribution in [3.8, 4) is 0 Å². The third kappa shape index (κ3) is 27.7. The van der Waals surface area contributed by atoms with Gasteiger partial charge in [0.2, 0.25) is 0 Å². The van der Waals surface area contributed by atoms with Gasteiger partial charge in [0, 0.05) is 19.7 Å². The van der Waals surface area contributed by atoms with Crippen molar-refractivity contribution in [1.82, 2.24) is 4.90 Å². The second-order valence-electron chi connectivity index (χ2n) is 35.9. The van der Waals surface area contributed by atoms with Gasteiger partial charge in [0.25, 0.3) is 8.32 Å². The van der Waals surface area contributed by atoms with E-state index in [2.05, 4.69) is 20.8 Å². The van der Waals surface area contributed by atoms with E-state index in [9.17, 15) is 4.79 Å². The van der Waals surface area contributed by atoms with E-state index in [0.29, 0.717) is 37.9 Å². The lowest BCUT2D eigenvalue weighted by atomic mass is 9.95. The molecule has 3 fully saturated rings. The zero-order valence-corrected chi connectivity index (χ0v) is 80.2. The molecule has 0 N–H and O–H groups in total. The summed E-state index contributed by atoms with van der Waals surface area (Å²) in [7, 11) is -3.70. The summed E-state index contributed by atoms with van der Waals surface area (Å²) in [5.74, 6) is -3.62. The monoisotopic (exact) mass is 1920 g/mol. The Kier molecular flexibility index (Phi) is 36.6. The number of nitrogens with zero attached hydrogens (tertiary/aromatic N) is 1. The third-order valence-corrected chi connectivity index (χ3v) is 29.9. The predicted molar refractivity (Wildman–Crippen MR) is 532 cm³/mol. The van der Waals surface area contributed by atoms with Gasteiger partial charge in [0.15, 0.2) is 43.3 Å². The quantitative estimate of drug-likeness (QED) is 0.0149. The van der Waals surface area contributed by atoms with Gasteiger partial charge in [-0.25, -0.2) is 24.0 Å². The zero-order chi connectivity index (χ0) is 97.2. The molecular weight excluding hydrogens is 1800 g/mol. The molecule has 0 aliphatic carbocycles. The topological polar surface area (TPSA) is 245 Å². The molecule has 13 aromatic carbocycles. The first-order valence-corrected chi connectivity index (χ1v) is 49.9. The Morgan fingerprint density at radius 2 is 0.589 bits per heavy atom. The minimum absolute atomic E-state index is 0.0239. The lowest BCUT2D eigenvalue weighted by Gasteiger charge is -2.51. The molecule has 23 nitrogen and oxygen atoms in total. The lowest BCUT2D eigenvalue weighted by molar-refractivity contribution is -0.391. The number of unbranched alkanes of at least 4 members (excludes halogenated alkanes) is 2. The van der Waals surface area contributed by atoms with Gasteiger partial charge in [-0.1, -0.05) is 367 Å². The van der Waals surface area contributed by atoms with E-state index < -0.39 is 142 Å². The van der Waals surface area contributed by atoms with Gasteiger partial charge in [0.1, 0.15) is 55.4 Å². The summed E-state index contributed by atoms with van der Waals surface area (Å²) in [5, 5.41) is 1.07. The molecule has 13 aromatic rings. The highest BCUT2D eigenvalue weighted by Crippen LogP contribution is 2.43. The number of carbonyl (C=O) groups is 5. The van der Waals surface area contributed by atoms with Gasteiger partial charge in [-0.15, -0.1) is 0 Å². The van der Waals surface area contributed by atoms with E-state index >= 15 is 19.2 Å². The van der Waals surface area contributed by atoms with Crippen LogP contribution in [0.3, 0.4) is 0 Å². The predicted octanol–water partition coefficient (Wildman–Crippen LogP) is 19.6. The van der Waals surface area contributed by atoms with Crippen molar-refractivity contribution < 1.29 is 104 Å². The average molecular weight is 1920 g/mol. The molecule has 0 aromatic heterocycles. The number of amides is 1. The van der Waals surface area contributed by atoms with Gasteiger partial charge >= 0.3 is 30.0 Å². The Morgan fingerprint density at radius 1 is 0.284 bits per heavy atom. The Balaban J connectivity index is 0.861. The summed E-state index contributed by atoms with van der Waals surface area (Å²) < 4.78 is 124. The van der Waals surface area contributed by atoms with Gasteiger partial charge in [-0.05, 0) is 122 Å². The molecule has 3 aliphatic heterocycles. The molecule has 728 valence electrons. The van der Waals surface area contributed by atoms with Crippen molar-refractivity contribution in [3.63, 3.8) is 0 Å². The standard InChI is InChI=1S/C117H119NO22Si/c1-117(2,3)141(95-68-40-15-41-69-95,96-70-42-16-43-71-96)131-83-99-102(135-109(119)91-60-32-11-33-61-91)105(136-110(120)92-62-34-12-35-63-92)108(138-112(122)94-66-38-14-39-67-94)114(134-99)139-104-101(128-78-88-54-26-8-27-55-88)98(82-125-76-86-50-22-6-23-51-86)133-115(107(104)137-111(121)93-64-36-13-37-65-93)140-106-103(129-79-89-56-28-9-29-57-89)100(127-77-87-52-24-7-25-53-87)97(81-124-75-85-48-20-5-21-49-85)132-113(106)126-73-45-17-44-72-118(74-84-46-18-4-19-47-84)116(123)130-80-90-58-30-10-31-59-90/h4-16,18-43,46-71,97-108,113-115H,17,44-45,72-83H2,1-3H3/t97-,98-,99-,100-,101-,102-,103+,104+,105+,106+,107+,108+,113+,114-,115-/m1/s1. The number of ether oxygens (including phenoxy) is 16. The van der Waals surface area contributed by atoms with Crippen molar-refractivity contribution in [2.45, 2.75) is 183 Å². The summed E-state index contributed by atoms with van der Waals surface area (Å²) in [4.78, 5) is 79.1. The first-order valence-electron chi connectivity index (χ1n) is 48.0. The molecule has 0 bridgehead atoms. The van der Waals surface area contributed by atoms with Crippen molar-refractivity contribution >= 4 is 48.7 Å². The second kappa shape index (κ2) is 51.3. The van der Waals surface area contributed by atoms with Crippen LogP contribution < -0.4 is 10.4 Å². The molecule has 1 amide bonds. The third-order valence-electron chi connectivity index (χ3n) is 24.9. The SMILES string of the molecule is CC(C)(C)[Si](OC[C@H]1O[C@H](O[C@@H]2[C@H](OC(=O)c3ccccc3)[C@@H](O[C@@H]3[C@@H](OCCCCCN(Cc4ccccc4)C(=O)OCc4ccccc4)O[C@H](COCc4ccccc4)[C@@H](OCc4ccccc4)[C@@H]3OCc3ccccc3)O[C@H](COCc3ccccc3)[C@H]2OCc2ccccc2)[C@@H](OC(=O)c2ccccc2)[C@@H](OC(=O)c2ccccc2)[C@@H]1OC(=O)c1ccccc1)(c1ccccc1)c1ccccc1. The molecule has 16 rings (SSSR count). The van der Waals surface area contributed by atoms with Gasteiger partial charge in [-0.2, -0.15) is 0 Å². The van der Waals surface area contributed by atoms with Crippen LogP contribution in [0, 0.1) is 0 Å². The van der Waals surface area contributed by atoms with Crippen LogP contribution in [0.1, 0.15) is 120 Å². The highest BCUT2D eigenvalue weighted by Gasteiger charge is 2.61. The molecule has 3 aliphatic rings. The molecule has 0 unspecified atom stereocenters. The highest BCUT2D eigenvalue weighted by molar-refractivity contribution is 6.99. The molecule has 15 atom stereocenters. The summed E-state index contributed by atoms with van der Waals surface area (Å²) >= 11 is 0. The number of carbonyl (C=O) groups excluding carboxylic acids is 5. The normalized spacial score (nSPS) is 21.3. The average Bonchev–Trinajstić information content (AvgIpc) is 0.750.